The molecule has 13 heavy (non-hydrogen) atoms. The molecule has 5 nitrogen and oxygen atoms in total. The Morgan fingerprint density at radius 2 is 1.77 bits per heavy atom. The Bertz CT molecular complexity index is 202. The van der Waals surface area contributed by atoms with E-state index in [1.807, 2.05) is 0 Å². The van der Waals surface area contributed by atoms with Gasteiger partial charge in [0.2, 0.25) is 5.54 Å². The van der Waals surface area contributed by atoms with E-state index in [9.17, 15) is 9.59 Å². The SMILES string of the molecule is COC(=O)C1(C(=O)OC)CCCN1. The smallest absolute Gasteiger partial charge is 0.337 e. The zero-order valence-electron chi connectivity index (χ0n) is 7.75. The third kappa shape index (κ3) is 1.51. The maximum Gasteiger partial charge on any atom is 0.337 e. The van der Waals surface area contributed by atoms with Crippen LogP contribution in [0.15, 0.2) is 0 Å². The lowest BCUT2D eigenvalue weighted by Gasteiger charge is -2.22. The van der Waals surface area contributed by atoms with Gasteiger partial charge in [-0.15, -0.1) is 0 Å². The van der Waals surface area contributed by atoms with Crippen molar-refractivity contribution < 1.29 is 19.1 Å². The molecular formula is C8H13NO4. The summed E-state index contributed by atoms with van der Waals surface area (Å²) in [5.74, 6) is -1.14. The molecule has 0 atom stereocenters. The highest BCUT2D eigenvalue weighted by molar-refractivity contribution is 6.05. The van der Waals surface area contributed by atoms with Crippen LogP contribution in [-0.2, 0) is 19.1 Å². The van der Waals surface area contributed by atoms with Crippen LogP contribution in [0.2, 0.25) is 0 Å². The lowest BCUT2D eigenvalue weighted by Crippen LogP contribution is -2.55. The van der Waals surface area contributed by atoms with Gasteiger partial charge in [-0.05, 0) is 19.4 Å². The van der Waals surface area contributed by atoms with Crippen LogP contribution in [0.25, 0.3) is 0 Å². The highest BCUT2D eigenvalue weighted by Crippen LogP contribution is 2.22. The minimum absolute atomic E-state index is 0.437. The molecule has 5 heteroatoms. The third-order valence-electron chi connectivity index (χ3n) is 2.22. The average molecular weight is 187 g/mol. The Morgan fingerprint density at radius 1 is 1.23 bits per heavy atom. The minimum atomic E-state index is -1.26. The molecule has 0 unspecified atom stereocenters. The van der Waals surface area contributed by atoms with Crippen molar-refractivity contribution >= 4 is 11.9 Å². The Kier molecular flexibility index (Phi) is 2.87. The molecule has 0 amide bonds. The quantitative estimate of drug-likeness (QED) is 0.464. The molecule has 0 radical (unpaired) electrons. The molecule has 0 bridgehead atoms. The van der Waals surface area contributed by atoms with E-state index in [0.29, 0.717) is 13.0 Å². The minimum Gasteiger partial charge on any atom is -0.467 e. The maximum atomic E-state index is 11.4. The summed E-state index contributed by atoms with van der Waals surface area (Å²) in [6.45, 7) is 0.629. The highest BCUT2D eigenvalue weighted by atomic mass is 16.5. The summed E-state index contributed by atoms with van der Waals surface area (Å²) in [5.41, 5.74) is -1.26. The molecule has 0 aromatic rings. The van der Waals surface area contributed by atoms with Crippen molar-refractivity contribution in [2.24, 2.45) is 0 Å². The molecule has 0 saturated carbocycles. The summed E-state index contributed by atoms with van der Waals surface area (Å²) < 4.78 is 9.12. The molecule has 0 aromatic carbocycles. The number of carbonyl (C=O) groups excluding carboxylic acids is 2. The molecule has 1 saturated heterocycles. The van der Waals surface area contributed by atoms with Gasteiger partial charge in [0, 0.05) is 0 Å². The molecule has 1 fully saturated rings. The van der Waals surface area contributed by atoms with Crippen molar-refractivity contribution in [2.75, 3.05) is 20.8 Å². The molecule has 0 aliphatic carbocycles. The monoisotopic (exact) mass is 187 g/mol. The van der Waals surface area contributed by atoms with Crippen LogP contribution in [0.4, 0.5) is 0 Å². The van der Waals surface area contributed by atoms with Gasteiger partial charge in [-0.25, -0.2) is 9.59 Å². The molecular weight excluding hydrogens is 174 g/mol. The molecule has 1 aliphatic rings. The fourth-order valence-corrected chi connectivity index (χ4v) is 1.52. The summed E-state index contributed by atoms with van der Waals surface area (Å²) >= 11 is 0. The predicted octanol–water partition coefficient (Wildman–Crippen LogP) is -0.545. The highest BCUT2D eigenvalue weighted by Gasteiger charge is 2.50. The molecule has 0 spiro atoms. The van der Waals surface area contributed by atoms with E-state index >= 15 is 0 Å². The summed E-state index contributed by atoms with van der Waals surface area (Å²) in [6.07, 6.45) is 1.20. The van der Waals surface area contributed by atoms with Gasteiger partial charge in [0.1, 0.15) is 0 Å². The van der Waals surface area contributed by atoms with Gasteiger partial charge in [-0.1, -0.05) is 0 Å². The van der Waals surface area contributed by atoms with E-state index in [-0.39, 0.29) is 0 Å². The molecule has 1 rings (SSSR count). The van der Waals surface area contributed by atoms with Gasteiger partial charge in [-0.3, -0.25) is 5.32 Å². The first-order chi connectivity index (χ1) is 6.17. The van der Waals surface area contributed by atoms with Crippen LogP contribution in [0.5, 0.6) is 0 Å². The van der Waals surface area contributed by atoms with Crippen LogP contribution in [-0.4, -0.2) is 38.2 Å². The second-order valence-electron chi connectivity index (χ2n) is 2.92. The number of esters is 2. The van der Waals surface area contributed by atoms with Crippen molar-refractivity contribution in [1.82, 2.24) is 5.32 Å². The normalized spacial score (nSPS) is 19.5. The van der Waals surface area contributed by atoms with Gasteiger partial charge in [0.15, 0.2) is 0 Å². The van der Waals surface area contributed by atoms with Crippen molar-refractivity contribution in [3.05, 3.63) is 0 Å². The van der Waals surface area contributed by atoms with Crippen molar-refractivity contribution in [1.29, 1.82) is 0 Å². The van der Waals surface area contributed by atoms with Crippen LogP contribution in [0.1, 0.15) is 12.8 Å². The Morgan fingerprint density at radius 3 is 2.08 bits per heavy atom. The van der Waals surface area contributed by atoms with Gasteiger partial charge in [-0.2, -0.15) is 0 Å². The first kappa shape index (κ1) is 9.98. The van der Waals surface area contributed by atoms with E-state index in [1.165, 1.54) is 14.2 Å². The molecule has 1 aliphatic heterocycles. The van der Waals surface area contributed by atoms with E-state index in [0.717, 1.165) is 6.42 Å². The van der Waals surface area contributed by atoms with Gasteiger partial charge >= 0.3 is 11.9 Å². The number of hydrogen-bond acceptors (Lipinski definition) is 5. The fraction of sp³-hybridized carbons (Fsp3) is 0.750. The Labute approximate surface area is 76.4 Å². The maximum absolute atomic E-state index is 11.4. The van der Waals surface area contributed by atoms with E-state index < -0.39 is 17.5 Å². The fourth-order valence-electron chi connectivity index (χ4n) is 1.52. The number of ether oxygens (including phenoxy) is 2. The van der Waals surface area contributed by atoms with Crippen molar-refractivity contribution in [2.45, 2.75) is 18.4 Å². The Hall–Kier alpha value is -1.10. The van der Waals surface area contributed by atoms with Gasteiger partial charge in [0.25, 0.3) is 0 Å². The van der Waals surface area contributed by atoms with Crippen LogP contribution < -0.4 is 5.32 Å². The van der Waals surface area contributed by atoms with Gasteiger partial charge in [0.05, 0.1) is 14.2 Å². The number of methoxy groups -OCH3 is 2. The topological polar surface area (TPSA) is 64.6 Å². The largest absolute Gasteiger partial charge is 0.467 e. The second-order valence-corrected chi connectivity index (χ2v) is 2.92. The second kappa shape index (κ2) is 3.74. The molecule has 1 heterocycles. The summed E-state index contributed by atoms with van der Waals surface area (Å²) in [7, 11) is 2.51. The standard InChI is InChI=1S/C8H13NO4/c1-12-6(10)8(7(11)13-2)4-3-5-9-8/h9H,3-5H2,1-2H3. The van der Waals surface area contributed by atoms with Crippen LogP contribution in [0.3, 0.4) is 0 Å². The van der Waals surface area contributed by atoms with Crippen molar-refractivity contribution in [3.8, 4) is 0 Å². The van der Waals surface area contributed by atoms with Crippen molar-refractivity contribution in [3.63, 3.8) is 0 Å². The summed E-state index contributed by atoms with van der Waals surface area (Å²) in [5, 5.41) is 2.82. The number of rotatable bonds is 2. The van der Waals surface area contributed by atoms with Crippen LogP contribution in [0, 0.1) is 0 Å². The van der Waals surface area contributed by atoms with Crippen LogP contribution >= 0.6 is 0 Å². The lowest BCUT2D eigenvalue weighted by molar-refractivity contribution is -0.162. The Balaban J connectivity index is 2.86. The number of nitrogens with one attached hydrogen (secondary N) is 1. The van der Waals surface area contributed by atoms with E-state index in [1.54, 1.807) is 0 Å². The van der Waals surface area contributed by atoms with E-state index in [2.05, 4.69) is 14.8 Å². The summed E-state index contributed by atoms with van der Waals surface area (Å²) in [6, 6.07) is 0. The zero-order valence-corrected chi connectivity index (χ0v) is 7.75. The third-order valence-corrected chi connectivity index (χ3v) is 2.22. The predicted molar refractivity (Wildman–Crippen MR) is 44.0 cm³/mol. The van der Waals surface area contributed by atoms with E-state index in [4.69, 9.17) is 0 Å². The molecule has 0 aromatic heterocycles. The number of hydrogen-bond donors (Lipinski definition) is 1. The molecule has 74 valence electrons. The first-order valence-electron chi connectivity index (χ1n) is 4.09. The van der Waals surface area contributed by atoms with Gasteiger partial charge < -0.3 is 9.47 Å². The first-order valence-corrected chi connectivity index (χ1v) is 4.09. The average Bonchev–Trinajstić information content (AvgIpc) is 2.65. The number of carbonyl (C=O) groups is 2. The molecule has 1 N–H and O–H groups in total. The lowest BCUT2D eigenvalue weighted by atomic mass is 9.98. The summed E-state index contributed by atoms with van der Waals surface area (Å²) in [4.78, 5) is 22.7. The zero-order chi connectivity index (χ0) is 9.90.